The van der Waals surface area contributed by atoms with Gasteiger partial charge in [0.05, 0.1) is 28.4 Å². The van der Waals surface area contributed by atoms with E-state index in [1.165, 1.54) is 0 Å². The number of nitrogens with one attached hydrogen (secondary N) is 1. The van der Waals surface area contributed by atoms with E-state index < -0.39 is 0 Å². The second-order valence-electron chi connectivity index (χ2n) is 7.40. The summed E-state index contributed by atoms with van der Waals surface area (Å²) in [7, 11) is 6.50. The Bertz CT molecular complexity index is 1370. The first-order chi connectivity index (χ1) is 16.2. The van der Waals surface area contributed by atoms with Gasteiger partial charge >= 0.3 is 0 Å². The number of pyridine rings is 2. The third-order valence-electron chi connectivity index (χ3n) is 5.80. The molecule has 0 unspecified atom stereocenters. The Labute approximate surface area is 190 Å². The maximum atomic E-state index is 5.64. The smallest absolute Gasteiger partial charge is 0.187 e. The van der Waals surface area contributed by atoms with Crippen molar-refractivity contribution in [3.05, 3.63) is 61.2 Å². The van der Waals surface area contributed by atoms with Crippen LogP contribution in [0.3, 0.4) is 0 Å². The highest BCUT2D eigenvalue weighted by molar-refractivity contribution is 6.07. The van der Waals surface area contributed by atoms with Crippen LogP contribution in [0.2, 0.25) is 0 Å². The summed E-state index contributed by atoms with van der Waals surface area (Å²) in [6.45, 7) is 0. The molecule has 0 spiro atoms. The molecule has 5 aromatic rings. The lowest BCUT2D eigenvalue weighted by Crippen LogP contribution is -1.96. The van der Waals surface area contributed by atoms with Crippen molar-refractivity contribution < 1.29 is 18.9 Å². The fraction of sp³-hybridized carbons (Fsp3) is 0.154. The fourth-order valence-electron chi connectivity index (χ4n) is 4.34. The van der Waals surface area contributed by atoms with E-state index in [4.69, 9.17) is 18.9 Å². The van der Waals surface area contributed by atoms with Gasteiger partial charge in [-0.25, -0.2) is 0 Å². The van der Waals surface area contributed by atoms with Crippen molar-refractivity contribution in [2.75, 3.05) is 28.4 Å². The van der Waals surface area contributed by atoms with Crippen LogP contribution in [0, 0.1) is 0 Å². The summed E-state index contributed by atoms with van der Waals surface area (Å²) in [6, 6.07) is 11.9. The molecule has 0 aliphatic carbocycles. The maximum absolute atomic E-state index is 5.64. The van der Waals surface area contributed by atoms with Crippen LogP contribution in [0.15, 0.2) is 61.2 Å². The number of hydrogen-bond donors (Lipinski definition) is 1. The summed E-state index contributed by atoms with van der Waals surface area (Å²) in [5, 5.41) is 1.91. The van der Waals surface area contributed by atoms with Crippen molar-refractivity contribution in [3.63, 3.8) is 0 Å². The lowest BCUT2D eigenvalue weighted by Gasteiger charge is -2.16. The Morgan fingerprint density at radius 2 is 1.06 bits per heavy atom. The quantitative estimate of drug-likeness (QED) is 0.376. The van der Waals surface area contributed by atoms with Gasteiger partial charge in [0.15, 0.2) is 23.0 Å². The highest BCUT2D eigenvalue weighted by Crippen LogP contribution is 2.46. The number of hydrogen-bond acceptors (Lipinski definition) is 6. The molecule has 0 saturated heterocycles. The molecular weight excluding hydrogens is 418 g/mol. The van der Waals surface area contributed by atoms with Crippen LogP contribution in [-0.4, -0.2) is 43.4 Å². The van der Waals surface area contributed by atoms with Gasteiger partial charge in [-0.3, -0.25) is 9.97 Å². The molecule has 0 aliphatic rings. The average molecular weight is 441 g/mol. The predicted octanol–water partition coefficient (Wildman–Crippen LogP) is 5.48. The zero-order chi connectivity index (χ0) is 22.9. The molecule has 0 radical (unpaired) electrons. The summed E-state index contributed by atoms with van der Waals surface area (Å²) in [4.78, 5) is 12.4. The van der Waals surface area contributed by atoms with Gasteiger partial charge in [-0.2, -0.15) is 0 Å². The number of aromatic nitrogens is 3. The zero-order valence-corrected chi connectivity index (χ0v) is 18.8. The van der Waals surface area contributed by atoms with Crippen LogP contribution in [0.25, 0.3) is 44.1 Å². The van der Waals surface area contributed by atoms with Crippen LogP contribution < -0.4 is 18.9 Å². The van der Waals surface area contributed by atoms with Crippen LogP contribution in [0.5, 0.6) is 23.0 Å². The minimum atomic E-state index is 0.606. The molecule has 0 amide bonds. The topological polar surface area (TPSA) is 78.5 Å². The third kappa shape index (κ3) is 3.20. The first-order valence-corrected chi connectivity index (χ1v) is 10.4. The van der Waals surface area contributed by atoms with Gasteiger partial charge in [-0.05, 0) is 35.4 Å². The molecule has 7 nitrogen and oxygen atoms in total. The van der Waals surface area contributed by atoms with Gasteiger partial charge in [0.1, 0.15) is 11.0 Å². The molecule has 7 heteroatoms. The molecule has 2 aromatic carbocycles. The lowest BCUT2D eigenvalue weighted by molar-refractivity contribution is 0.358. The number of H-pyrrole nitrogens is 1. The number of rotatable bonds is 6. The van der Waals surface area contributed by atoms with Gasteiger partial charge < -0.3 is 23.9 Å². The van der Waals surface area contributed by atoms with Crippen molar-refractivity contribution in [2.45, 2.75) is 0 Å². The Morgan fingerprint density at radius 3 is 1.45 bits per heavy atom. The number of aromatic amines is 1. The van der Waals surface area contributed by atoms with Gasteiger partial charge in [-0.15, -0.1) is 0 Å². The number of methoxy groups -OCH3 is 4. The average Bonchev–Trinajstić information content (AvgIpc) is 3.36. The van der Waals surface area contributed by atoms with E-state index in [0.717, 1.165) is 44.1 Å². The molecule has 0 aliphatic heterocycles. The van der Waals surface area contributed by atoms with E-state index in [-0.39, 0.29) is 0 Å². The van der Waals surface area contributed by atoms with Crippen LogP contribution in [0.4, 0.5) is 0 Å². The number of nitrogens with zero attached hydrogens (tertiary/aromatic N) is 2. The van der Waals surface area contributed by atoms with Gasteiger partial charge in [-0.1, -0.05) is 12.1 Å². The highest BCUT2D eigenvalue weighted by Gasteiger charge is 2.21. The number of ether oxygens (including phenoxy) is 4. The highest BCUT2D eigenvalue weighted by atomic mass is 16.5. The minimum Gasteiger partial charge on any atom is -0.493 e. The monoisotopic (exact) mass is 441 g/mol. The van der Waals surface area contributed by atoms with Crippen molar-refractivity contribution in [1.82, 2.24) is 15.0 Å². The molecule has 1 N–H and O–H groups in total. The van der Waals surface area contributed by atoms with E-state index >= 15 is 0 Å². The van der Waals surface area contributed by atoms with E-state index in [1.54, 1.807) is 40.8 Å². The zero-order valence-electron chi connectivity index (χ0n) is 18.8. The second kappa shape index (κ2) is 8.35. The van der Waals surface area contributed by atoms with E-state index in [2.05, 4.69) is 15.0 Å². The predicted molar refractivity (Wildman–Crippen MR) is 128 cm³/mol. The Morgan fingerprint density at radius 1 is 0.606 bits per heavy atom. The number of fused-ring (bicyclic) bond motifs is 2. The minimum absolute atomic E-state index is 0.606. The molecule has 5 rings (SSSR count). The molecule has 0 atom stereocenters. The van der Waals surface area contributed by atoms with Crippen molar-refractivity contribution in [1.29, 1.82) is 0 Å². The molecular formula is C26H23N3O4. The molecule has 3 aromatic heterocycles. The number of benzene rings is 2. The van der Waals surface area contributed by atoms with Crippen LogP contribution >= 0.6 is 0 Å². The molecule has 166 valence electrons. The molecule has 0 bridgehead atoms. The molecule has 33 heavy (non-hydrogen) atoms. The van der Waals surface area contributed by atoms with Crippen molar-refractivity contribution >= 4 is 21.8 Å². The largest absolute Gasteiger partial charge is 0.493 e. The maximum Gasteiger partial charge on any atom is 0.187 e. The van der Waals surface area contributed by atoms with Gasteiger partial charge in [0, 0.05) is 46.7 Å². The van der Waals surface area contributed by atoms with Crippen molar-refractivity contribution in [3.8, 4) is 45.3 Å². The summed E-state index contributed by atoms with van der Waals surface area (Å²) in [5.74, 6) is 2.44. The second-order valence-corrected chi connectivity index (χ2v) is 7.40. The Balaban J connectivity index is 1.83. The normalized spacial score (nSPS) is 11.0. The lowest BCUT2D eigenvalue weighted by atomic mass is 9.93. The van der Waals surface area contributed by atoms with Crippen molar-refractivity contribution in [2.24, 2.45) is 0 Å². The Hall–Kier alpha value is -4.26. The van der Waals surface area contributed by atoms with E-state index in [0.29, 0.717) is 23.0 Å². The molecule has 3 heterocycles. The van der Waals surface area contributed by atoms with Crippen LogP contribution in [-0.2, 0) is 0 Å². The molecule has 0 fully saturated rings. The SMILES string of the molecule is COc1cc(-c2c[nH]cc2-c2cc(OC)c(OC)c3ncccc23)c2cccnc2c1OC. The Kier molecular flexibility index (Phi) is 5.22. The first kappa shape index (κ1) is 20.6. The molecule has 0 saturated carbocycles. The standard InChI is InChI=1S/C26H23N3O4/c1-30-21-11-17(15-7-5-9-28-23(15)25(21)32-3)19-13-27-14-20(19)18-12-22(31-2)26(33-4)24-16(18)8-6-10-29-24/h5-14,27H,1-4H3. The van der Waals surface area contributed by atoms with Gasteiger partial charge in [0.25, 0.3) is 0 Å². The van der Waals surface area contributed by atoms with Crippen LogP contribution in [0.1, 0.15) is 0 Å². The summed E-state index contributed by atoms with van der Waals surface area (Å²) in [5.41, 5.74) is 5.40. The summed E-state index contributed by atoms with van der Waals surface area (Å²) >= 11 is 0. The fourth-order valence-corrected chi connectivity index (χ4v) is 4.34. The van der Waals surface area contributed by atoms with Gasteiger partial charge in [0.2, 0.25) is 0 Å². The summed E-state index contributed by atoms with van der Waals surface area (Å²) < 4.78 is 22.5. The third-order valence-corrected chi connectivity index (χ3v) is 5.80. The van der Waals surface area contributed by atoms with E-state index in [1.807, 2.05) is 48.8 Å². The van der Waals surface area contributed by atoms with E-state index in [9.17, 15) is 0 Å². The summed E-state index contributed by atoms with van der Waals surface area (Å²) in [6.07, 6.45) is 7.45. The first-order valence-electron chi connectivity index (χ1n) is 10.4.